The van der Waals surface area contributed by atoms with E-state index >= 15 is 0 Å². The van der Waals surface area contributed by atoms with E-state index < -0.39 is 0 Å². The highest BCUT2D eigenvalue weighted by Crippen LogP contribution is 2.40. The lowest BCUT2D eigenvalue weighted by molar-refractivity contribution is -0.117. The first-order valence-electron chi connectivity index (χ1n) is 10.0. The molecule has 2 aromatic rings. The molecule has 27 heavy (non-hydrogen) atoms. The number of carbonyl (C=O) groups excluding carboxylic acids is 1. The Balaban J connectivity index is 1.22. The van der Waals surface area contributed by atoms with Gasteiger partial charge in [-0.1, -0.05) is 12.1 Å². The van der Waals surface area contributed by atoms with E-state index in [2.05, 4.69) is 39.4 Å². The summed E-state index contributed by atoms with van der Waals surface area (Å²) in [5.41, 5.74) is 4.68. The van der Waals surface area contributed by atoms with Gasteiger partial charge in [-0.15, -0.1) is 0 Å². The number of anilines is 1. The van der Waals surface area contributed by atoms with Crippen molar-refractivity contribution in [3.05, 3.63) is 47.3 Å². The average Bonchev–Trinajstić information content (AvgIpc) is 3.34. The second kappa shape index (κ2) is 6.77. The molecule has 6 heteroatoms. The maximum atomic E-state index is 11.9. The van der Waals surface area contributed by atoms with Crippen LogP contribution in [0.25, 0.3) is 0 Å². The highest BCUT2D eigenvalue weighted by Gasteiger charge is 2.42. The lowest BCUT2D eigenvalue weighted by Crippen LogP contribution is -2.46. The maximum absolute atomic E-state index is 11.9. The fourth-order valence-corrected chi connectivity index (χ4v) is 4.75. The van der Waals surface area contributed by atoms with Crippen LogP contribution in [0.5, 0.6) is 0 Å². The Hall–Kier alpha value is -2.18. The number of rotatable bonds is 3. The van der Waals surface area contributed by atoms with Crippen LogP contribution in [0.2, 0.25) is 0 Å². The van der Waals surface area contributed by atoms with Crippen molar-refractivity contribution < 1.29 is 9.53 Å². The van der Waals surface area contributed by atoms with E-state index in [0.29, 0.717) is 6.42 Å². The number of likely N-dealkylation sites (tertiary alicyclic amines) is 1. The molecule has 142 valence electrons. The Kier molecular flexibility index (Phi) is 4.25. The van der Waals surface area contributed by atoms with Gasteiger partial charge in [-0.3, -0.25) is 14.8 Å². The van der Waals surface area contributed by atoms with Gasteiger partial charge in [0.1, 0.15) is 5.60 Å². The zero-order chi connectivity index (χ0) is 18.3. The lowest BCUT2D eigenvalue weighted by atomic mass is 9.83. The van der Waals surface area contributed by atoms with Gasteiger partial charge >= 0.3 is 0 Å². The Bertz CT molecular complexity index is 821. The topological polar surface area (TPSA) is 61.5 Å². The highest BCUT2D eigenvalue weighted by atomic mass is 16.5. The van der Waals surface area contributed by atoms with Crippen LogP contribution in [0.3, 0.4) is 0 Å². The van der Waals surface area contributed by atoms with Crippen LogP contribution in [0, 0.1) is 0 Å². The molecule has 1 aromatic carbocycles. The second-order valence-corrected chi connectivity index (χ2v) is 7.95. The molecule has 2 saturated heterocycles. The van der Waals surface area contributed by atoms with Crippen molar-refractivity contribution in [3.63, 3.8) is 0 Å². The Morgan fingerprint density at radius 1 is 1.11 bits per heavy atom. The van der Waals surface area contributed by atoms with Crippen LogP contribution in [0.4, 0.5) is 5.69 Å². The van der Waals surface area contributed by atoms with Gasteiger partial charge < -0.3 is 9.64 Å². The number of benzene rings is 1. The van der Waals surface area contributed by atoms with Crippen LogP contribution < -0.4 is 4.90 Å². The first-order chi connectivity index (χ1) is 13.2. The Morgan fingerprint density at radius 2 is 1.93 bits per heavy atom. The number of hydrogen-bond acceptors (Lipinski definition) is 4. The van der Waals surface area contributed by atoms with Crippen molar-refractivity contribution in [1.82, 2.24) is 15.1 Å². The summed E-state index contributed by atoms with van der Waals surface area (Å²) < 4.78 is 6.24. The Labute approximate surface area is 159 Å². The standard InChI is InChI=1S/C21H26N4O2/c26-19-2-1-10-25(19)18-5-3-16(4-6-18)15-24-11-8-21(9-12-24)20-17(7-13-27-21)14-22-23-20/h3-6,14H,1-2,7-13,15H2,(H,22,23). The van der Waals surface area contributed by atoms with Crippen molar-refractivity contribution in [2.75, 3.05) is 31.1 Å². The molecule has 1 aromatic heterocycles. The molecule has 2 fully saturated rings. The maximum Gasteiger partial charge on any atom is 0.227 e. The summed E-state index contributed by atoms with van der Waals surface area (Å²) in [4.78, 5) is 16.3. The van der Waals surface area contributed by atoms with Crippen LogP contribution in [-0.2, 0) is 28.1 Å². The quantitative estimate of drug-likeness (QED) is 0.907. The summed E-state index contributed by atoms with van der Waals surface area (Å²) in [5.74, 6) is 0.245. The zero-order valence-electron chi connectivity index (χ0n) is 15.6. The van der Waals surface area contributed by atoms with Crippen LogP contribution >= 0.6 is 0 Å². The average molecular weight is 366 g/mol. The second-order valence-electron chi connectivity index (χ2n) is 7.95. The smallest absolute Gasteiger partial charge is 0.227 e. The largest absolute Gasteiger partial charge is 0.368 e. The lowest BCUT2D eigenvalue weighted by Gasteiger charge is -2.43. The van der Waals surface area contributed by atoms with Crippen molar-refractivity contribution >= 4 is 11.6 Å². The Morgan fingerprint density at radius 3 is 2.67 bits per heavy atom. The number of fused-ring (bicyclic) bond motifs is 2. The third-order valence-electron chi connectivity index (χ3n) is 6.31. The van der Waals surface area contributed by atoms with Gasteiger partial charge in [0.05, 0.1) is 18.5 Å². The number of aromatic amines is 1. The first kappa shape index (κ1) is 17.0. The van der Waals surface area contributed by atoms with E-state index in [-0.39, 0.29) is 11.5 Å². The van der Waals surface area contributed by atoms with Gasteiger partial charge in [0.2, 0.25) is 5.91 Å². The fraction of sp³-hybridized carbons (Fsp3) is 0.524. The van der Waals surface area contributed by atoms with Gasteiger partial charge in [-0.2, -0.15) is 5.10 Å². The van der Waals surface area contributed by atoms with E-state index in [1.807, 2.05) is 11.1 Å². The third kappa shape index (κ3) is 3.07. The number of piperidine rings is 1. The van der Waals surface area contributed by atoms with Gasteiger partial charge in [-0.05, 0) is 48.9 Å². The number of amides is 1. The molecule has 0 aliphatic carbocycles. The van der Waals surface area contributed by atoms with Crippen LogP contribution in [0.1, 0.15) is 42.5 Å². The number of hydrogen-bond donors (Lipinski definition) is 1. The van der Waals surface area contributed by atoms with Gasteiger partial charge in [0, 0.05) is 38.3 Å². The van der Waals surface area contributed by atoms with Crippen molar-refractivity contribution in [1.29, 1.82) is 0 Å². The molecule has 6 nitrogen and oxygen atoms in total. The summed E-state index contributed by atoms with van der Waals surface area (Å²) in [6.07, 6.45) is 6.57. The fourth-order valence-electron chi connectivity index (χ4n) is 4.75. The number of aromatic nitrogens is 2. The van der Waals surface area contributed by atoms with Crippen molar-refractivity contribution in [2.24, 2.45) is 0 Å². The first-order valence-corrected chi connectivity index (χ1v) is 10.0. The molecule has 0 saturated carbocycles. The molecule has 4 heterocycles. The SMILES string of the molecule is O=C1CCCN1c1ccc(CN2CCC3(CC2)OCCc2cn[nH]c23)cc1. The molecule has 1 N–H and O–H groups in total. The predicted octanol–water partition coefficient (Wildman–Crippen LogP) is 2.60. The molecule has 1 amide bonds. The van der Waals surface area contributed by atoms with Gasteiger partial charge in [0.15, 0.2) is 0 Å². The van der Waals surface area contributed by atoms with Gasteiger partial charge in [0.25, 0.3) is 0 Å². The number of ether oxygens (including phenoxy) is 1. The van der Waals surface area contributed by atoms with Crippen LogP contribution in [-0.4, -0.2) is 47.2 Å². The number of nitrogens with one attached hydrogen (secondary N) is 1. The molecular formula is C21H26N4O2. The minimum Gasteiger partial charge on any atom is -0.368 e. The third-order valence-corrected chi connectivity index (χ3v) is 6.31. The normalized spacial score (nSPS) is 22.4. The van der Waals surface area contributed by atoms with E-state index in [1.54, 1.807) is 0 Å². The van der Waals surface area contributed by atoms with E-state index in [9.17, 15) is 4.79 Å². The van der Waals surface area contributed by atoms with Crippen LogP contribution in [0.15, 0.2) is 30.5 Å². The van der Waals surface area contributed by atoms with E-state index in [4.69, 9.17) is 4.74 Å². The monoisotopic (exact) mass is 366 g/mol. The molecule has 0 radical (unpaired) electrons. The predicted molar refractivity (Wildman–Crippen MR) is 102 cm³/mol. The van der Waals surface area contributed by atoms with Crippen molar-refractivity contribution in [2.45, 2.75) is 44.2 Å². The highest BCUT2D eigenvalue weighted by molar-refractivity contribution is 5.95. The van der Waals surface area contributed by atoms with E-state index in [0.717, 1.165) is 64.2 Å². The number of nitrogens with zero attached hydrogens (tertiary/aromatic N) is 3. The molecular weight excluding hydrogens is 340 g/mol. The summed E-state index contributed by atoms with van der Waals surface area (Å²) >= 11 is 0. The number of carbonyl (C=O) groups is 1. The minimum atomic E-state index is -0.166. The van der Waals surface area contributed by atoms with E-state index in [1.165, 1.54) is 16.8 Å². The molecule has 0 unspecified atom stereocenters. The summed E-state index contributed by atoms with van der Waals surface area (Å²) in [6.45, 7) is 4.63. The summed E-state index contributed by atoms with van der Waals surface area (Å²) in [6, 6.07) is 8.50. The molecule has 0 bridgehead atoms. The summed E-state index contributed by atoms with van der Waals surface area (Å²) in [7, 11) is 0. The number of H-pyrrole nitrogens is 1. The molecule has 5 rings (SSSR count). The molecule has 3 aliphatic rings. The molecule has 0 atom stereocenters. The summed E-state index contributed by atoms with van der Waals surface area (Å²) in [5, 5.41) is 7.43. The minimum absolute atomic E-state index is 0.166. The van der Waals surface area contributed by atoms with Gasteiger partial charge in [-0.25, -0.2) is 0 Å². The molecule has 1 spiro atoms. The molecule has 3 aliphatic heterocycles. The van der Waals surface area contributed by atoms with Crippen molar-refractivity contribution in [3.8, 4) is 0 Å². The zero-order valence-corrected chi connectivity index (χ0v) is 15.6.